The summed E-state index contributed by atoms with van der Waals surface area (Å²) in [7, 11) is 0. The second-order valence-corrected chi connectivity index (χ2v) is 5.06. The lowest BCUT2D eigenvalue weighted by molar-refractivity contribution is 0.0797. The molecule has 1 aromatic rings. The van der Waals surface area contributed by atoms with E-state index >= 15 is 0 Å². The Morgan fingerprint density at radius 3 is 2.53 bits per heavy atom. The van der Waals surface area contributed by atoms with Crippen molar-refractivity contribution in [3.63, 3.8) is 0 Å². The summed E-state index contributed by atoms with van der Waals surface area (Å²) in [5.74, 6) is -2.43. The molecule has 0 radical (unpaired) electrons. The highest BCUT2D eigenvalue weighted by Crippen LogP contribution is 2.59. The molecule has 2 nitrogen and oxygen atoms in total. The number of anilines is 1. The van der Waals surface area contributed by atoms with E-state index in [0.29, 0.717) is 13.1 Å². The third-order valence-electron chi connectivity index (χ3n) is 4.08. The van der Waals surface area contributed by atoms with Gasteiger partial charge in [0, 0.05) is 18.8 Å². The zero-order chi connectivity index (χ0) is 12.2. The fourth-order valence-corrected chi connectivity index (χ4v) is 2.82. The molecular weight excluding hydrogens is 222 g/mol. The molecule has 3 rings (SSSR count). The fourth-order valence-electron chi connectivity index (χ4n) is 2.82. The predicted octanol–water partition coefficient (Wildman–Crippen LogP) is 2.65. The maximum absolute atomic E-state index is 13.1. The maximum atomic E-state index is 13.1. The number of piperidine rings is 1. The standard InChI is InChI=1S/C13H16F2N2/c1-3-9-4-5-12(16-8(9)2)17-6-10-11(7-17)13(10,14)15/h4-5,10-11H,3,6-7H2,1-2H3. The number of alkyl halides is 2. The van der Waals surface area contributed by atoms with E-state index in [0.717, 1.165) is 17.9 Å². The van der Waals surface area contributed by atoms with Crippen molar-refractivity contribution in [3.05, 3.63) is 23.4 Å². The van der Waals surface area contributed by atoms with Crippen LogP contribution >= 0.6 is 0 Å². The Bertz CT molecular complexity index is 445. The van der Waals surface area contributed by atoms with E-state index in [1.54, 1.807) is 0 Å². The number of hydrogen-bond donors (Lipinski definition) is 0. The molecule has 92 valence electrons. The number of aryl methyl sites for hydroxylation is 2. The van der Waals surface area contributed by atoms with Crippen molar-refractivity contribution in [1.29, 1.82) is 0 Å². The lowest BCUT2D eigenvalue weighted by Gasteiger charge is -2.21. The smallest absolute Gasteiger partial charge is 0.258 e. The Hall–Kier alpha value is -1.19. The highest BCUT2D eigenvalue weighted by Gasteiger charge is 2.71. The fraction of sp³-hybridized carbons (Fsp3) is 0.615. The van der Waals surface area contributed by atoms with Gasteiger partial charge in [0.2, 0.25) is 0 Å². The Morgan fingerprint density at radius 2 is 2.00 bits per heavy atom. The van der Waals surface area contributed by atoms with E-state index in [9.17, 15) is 8.78 Å². The molecule has 2 heterocycles. The van der Waals surface area contributed by atoms with Gasteiger partial charge in [-0.15, -0.1) is 0 Å². The van der Waals surface area contributed by atoms with Crippen LogP contribution in [0.5, 0.6) is 0 Å². The number of rotatable bonds is 2. The third-order valence-corrected chi connectivity index (χ3v) is 4.08. The molecule has 4 heteroatoms. The lowest BCUT2D eigenvalue weighted by atomic mass is 10.1. The minimum absolute atomic E-state index is 0.435. The van der Waals surface area contributed by atoms with Gasteiger partial charge in [0.1, 0.15) is 5.82 Å². The SMILES string of the molecule is CCc1ccc(N2CC3C(C2)C3(F)F)nc1C. The van der Waals surface area contributed by atoms with Gasteiger partial charge in [-0.2, -0.15) is 0 Å². The van der Waals surface area contributed by atoms with Crippen molar-refractivity contribution in [2.75, 3.05) is 18.0 Å². The monoisotopic (exact) mass is 238 g/mol. The first kappa shape index (κ1) is 10.9. The average molecular weight is 238 g/mol. The molecule has 0 bridgehead atoms. The minimum atomic E-state index is -2.41. The van der Waals surface area contributed by atoms with E-state index in [2.05, 4.69) is 18.0 Å². The van der Waals surface area contributed by atoms with Gasteiger partial charge in [0.25, 0.3) is 5.92 Å². The second-order valence-electron chi connectivity index (χ2n) is 5.06. The number of aromatic nitrogens is 1. The maximum Gasteiger partial charge on any atom is 0.258 e. The number of halogens is 2. The molecule has 0 spiro atoms. The van der Waals surface area contributed by atoms with Crippen molar-refractivity contribution in [2.24, 2.45) is 11.8 Å². The molecule has 0 aromatic carbocycles. The van der Waals surface area contributed by atoms with Crippen molar-refractivity contribution < 1.29 is 8.78 Å². The van der Waals surface area contributed by atoms with Crippen LogP contribution in [-0.2, 0) is 6.42 Å². The summed E-state index contributed by atoms with van der Waals surface area (Å²) >= 11 is 0. The number of hydrogen-bond acceptors (Lipinski definition) is 2. The lowest BCUT2D eigenvalue weighted by Crippen LogP contribution is -2.28. The van der Waals surface area contributed by atoms with Gasteiger partial charge >= 0.3 is 0 Å². The normalized spacial score (nSPS) is 29.3. The van der Waals surface area contributed by atoms with Crippen LogP contribution < -0.4 is 4.90 Å². The van der Waals surface area contributed by atoms with Gasteiger partial charge in [0.05, 0.1) is 11.8 Å². The van der Waals surface area contributed by atoms with Crippen LogP contribution in [0.15, 0.2) is 12.1 Å². The zero-order valence-electron chi connectivity index (χ0n) is 10.1. The molecule has 1 aliphatic carbocycles. The molecule has 2 aliphatic rings. The molecule has 0 amide bonds. The van der Waals surface area contributed by atoms with Gasteiger partial charge in [-0.05, 0) is 25.0 Å². The average Bonchev–Trinajstić information content (AvgIpc) is 2.70. The van der Waals surface area contributed by atoms with E-state index in [1.807, 2.05) is 17.9 Å². The third kappa shape index (κ3) is 1.53. The first-order valence-corrected chi connectivity index (χ1v) is 6.13. The van der Waals surface area contributed by atoms with Crippen LogP contribution in [0.1, 0.15) is 18.2 Å². The summed E-state index contributed by atoms with van der Waals surface area (Å²) in [6.07, 6.45) is 0.961. The molecule has 1 aliphatic heterocycles. The molecule has 2 atom stereocenters. The minimum Gasteiger partial charge on any atom is -0.356 e. The van der Waals surface area contributed by atoms with E-state index in [-0.39, 0.29) is 0 Å². The van der Waals surface area contributed by atoms with Crippen LogP contribution in [0.25, 0.3) is 0 Å². The predicted molar refractivity (Wildman–Crippen MR) is 62.5 cm³/mol. The van der Waals surface area contributed by atoms with E-state index in [1.165, 1.54) is 5.56 Å². The first-order chi connectivity index (χ1) is 8.04. The topological polar surface area (TPSA) is 16.1 Å². The quantitative estimate of drug-likeness (QED) is 0.787. The van der Waals surface area contributed by atoms with Crippen molar-refractivity contribution in [2.45, 2.75) is 26.2 Å². The Labute approximate surface area is 99.6 Å². The van der Waals surface area contributed by atoms with Crippen molar-refractivity contribution in [1.82, 2.24) is 4.98 Å². The summed E-state index contributed by atoms with van der Waals surface area (Å²) in [5.41, 5.74) is 2.24. The highest BCUT2D eigenvalue weighted by atomic mass is 19.3. The van der Waals surface area contributed by atoms with Gasteiger partial charge < -0.3 is 4.90 Å². The van der Waals surface area contributed by atoms with Crippen LogP contribution in [-0.4, -0.2) is 24.0 Å². The molecule has 0 N–H and O–H groups in total. The van der Waals surface area contributed by atoms with Crippen LogP contribution in [0.4, 0.5) is 14.6 Å². The number of pyridine rings is 1. The summed E-state index contributed by atoms with van der Waals surface area (Å²) < 4.78 is 26.2. The van der Waals surface area contributed by atoms with Crippen molar-refractivity contribution in [3.8, 4) is 0 Å². The number of nitrogens with zero attached hydrogens (tertiary/aromatic N) is 2. The summed E-state index contributed by atoms with van der Waals surface area (Å²) in [4.78, 5) is 6.50. The molecule has 2 unspecified atom stereocenters. The molecule has 2 fully saturated rings. The number of fused-ring (bicyclic) bond motifs is 1. The first-order valence-electron chi connectivity index (χ1n) is 6.13. The molecule has 1 aromatic heterocycles. The Balaban J connectivity index is 1.77. The van der Waals surface area contributed by atoms with E-state index in [4.69, 9.17) is 0 Å². The van der Waals surface area contributed by atoms with Crippen LogP contribution in [0.2, 0.25) is 0 Å². The molecular formula is C13H16F2N2. The summed E-state index contributed by atoms with van der Waals surface area (Å²) in [6, 6.07) is 4.01. The Morgan fingerprint density at radius 1 is 1.35 bits per heavy atom. The van der Waals surface area contributed by atoms with Crippen molar-refractivity contribution >= 4 is 5.82 Å². The zero-order valence-corrected chi connectivity index (χ0v) is 10.1. The van der Waals surface area contributed by atoms with Gasteiger partial charge in [-0.1, -0.05) is 13.0 Å². The molecule has 17 heavy (non-hydrogen) atoms. The Kier molecular flexibility index (Phi) is 2.19. The van der Waals surface area contributed by atoms with E-state index < -0.39 is 17.8 Å². The highest BCUT2D eigenvalue weighted by molar-refractivity contribution is 5.45. The molecule has 1 saturated heterocycles. The van der Waals surface area contributed by atoms with Gasteiger partial charge in [-0.3, -0.25) is 0 Å². The molecule has 1 saturated carbocycles. The van der Waals surface area contributed by atoms with Crippen LogP contribution in [0.3, 0.4) is 0 Å². The summed E-state index contributed by atoms with van der Waals surface area (Å²) in [6.45, 7) is 4.98. The van der Waals surface area contributed by atoms with Gasteiger partial charge in [0.15, 0.2) is 0 Å². The summed E-state index contributed by atoms with van der Waals surface area (Å²) in [5, 5.41) is 0. The van der Waals surface area contributed by atoms with Gasteiger partial charge in [-0.25, -0.2) is 13.8 Å². The van der Waals surface area contributed by atoms with Crippen LogP contribution in [0, 0.1) is 18.8 Å². The second kappa shape index (κ2) is 3.40. The largest absolute Gasteiger partial charge is 0.356 e.